The molecule has 4 unspecified atom stereocenters. The molecule has 128 valence electrons. The fraction of sp³-hybridized carbons (Fsp3) is 0.588. The molecule has 2 N–H and O–H groups in total. The molecule has 1 aliphatic heterocycles. The summed E-state index contributed by atoms with van der Waals surface area (Å²) in [6.07, 6.45) is 1.90. The van der Waals surface area contributed by atoms with E-state index in [1.165, 1.54) is 6.07 Å². The SMILES string of the molecule is CC(NC(=O)N1C(C)CCCC1C)C(O)c1ccc(F)c(F)c1. The molecule has 2 rings (SSSR count). The van der Waals surface area contributed by atoms with Crippen LogP contribution in [0.15, 0.2) is 18.2 Å². The van der Waals surface area contributed by atoms with Gasteiger partial charge in [0.05, 0.1) is 12.1 Å². The summed E-state index contributed by atoms with van der Waals surface area (Å²) in [7, 11) is 0. The fourth-order valence-corrected chi connectivity index (χ4v) is 3.15. The zero-order valence-corrected chi connectivity index (χ0v) is 13.7. The predicted molar refractivity (Wildman–Crippen MR) is 83.9 cm³/mol. The lowest BCUT2D eigenvalue weighted by atomic mass is 9.98. The number of halogens is 2. The van der Waals surface area contributed by atoms with Gasteiger partial charge in [-0.25, -0.2) is 13.6 Å². The van der Waals surface area contributed by atoms with Gasteiger partial charge in [0.1, 0.15) is 0 Å². The standard InChI is InChI=1S/C17H24F2N2O2/c1-10-5-4-6-11(2)21(10)17(23)20-12(3)16(22)13-7-8-14(18)15(19)9-13/h7-12,16,22H,4-6H2,1-3H3,(H,20,23). The van der Waals surface area contributed by atoms with E-state index >= 15 is 0 Å². The van der Waals surface area contributed by atoms with Crippen molar-refractivity contribution in [3.63, 3.8) is 0 Å². The Labute approximate surface area is 135 Å². The van der Waals surface area contributed by atoms with Crippen LogP contribution in [0.25, 0.3) is 0 Å². The second-order valence-electron chi connectivity index (χ2n) is 6.39. The molecule has 23 heavy (non-hydrogen) atoms. The molecule has 0 aromatic heterocycles. The number of nitrogens with zero attached hydrogens (tertiary/aromatic N) is 1. The highest BCUT2D eigenvalue weighted by Crippen LogP contribution is 2.24. The summed E-state index contributed by atoms with van der Waals surface area (Å²) in [5.74, 6) is -1.98. The van der Waals surface area contributed by atoms with E-state index < -0.39 is 23.8 Å². The minimum atomic E-state index is -1.11. The Hall–Kier alpha value is -1.69. The van der Waals surface area contributed by atoms with Crippen molar-refractivity contribution in [3.05, 3.63) is 35.4 Å². The third kappa shape index (κ3) is 3.99. The fourth-order valence-electron chi connectivity index (χ4n) is 3.15. The lowest BCUT2D eigenvalue weighted by molar-refractivity contribution is 0.102. The Morgan fingerprint density at radius 3 is 2.43 bits per heavy atom. The molecule has 0 radical (unpaired) electrons. The number of aliphatic hydroxyl groups excluding tert-OH is 1. The molecule has 1 fully saturated rings. The summed E-state index contributed by atoms with van der Waals surface area (Å²) in [4.78, 5) is 14.2. The highest BCUT2D eigenvalue weighted by atomic mass is 19.2. The molecular weight excluding hydrogens is 302 g/mol. The minimum Gasteiger partial charge on any atom is -0.386 e. The van der Waals surface area contributed by atoms with E-state index in [4.69, 9.17) is 0 Å². The average molecular weight is 326 g/mol. The van der Waals surface area contributed by atoms with Crippen molar-refractivity contribution < 1.29 is 18.7 Å². The van der Waals surface area contributed by atoms with Crippen molar-refractivity contribution in [2.75, 3.05) is 0 Å². The number of rotatable bonds is 3. The monoisotopic (exact) mass is 326 g/mol. The molecule has 0 spiro atoms. The molecular formula is C17H24F2N2O2. The van der Waals surface area contributed by atoms with Crippen molar-refractivity contribution >= 4 is 6.03 Å². The predicted octanol–water partition coefficient (Wildman–Crippen LogP) is 3.36. The van der Waals surface area contributed by atoms with Gasteiger partial charge in [-0.1, -0.05) is 6.07 Å². The summed E-state index contributed by atoms with van der Waals surface area (Å²) >= 11 is 0. The van der Waals surface area contributed by atoms with Crippen LogP contribution in [0.4, 0.5) is 13.6 Å². The van der Waals surface area contributed by atoms with Crippen molar-refractivity contribution in [2.24, 2.45) is 0 Å². The van der Waals surface area contributed by atoms with Crippen molar-refractivity contribution in [1.29, 1.82) is 0 Å². The van der Waals surface area contributed by atoms with E-state index in [1.54, 1.807) is 11.8 Å². The summed E-state index contributed by atoms with van der Waals surface area (Å²) in [6, 6.07) is 2.68. The number of aliphatic hydroxyl groups is 1. The number of carbonyl (C=O) groups excluding carboxylic acids is 1. The van der Waals surface area contributed by atoms with E-state index in [2.05, 4.69) is 5.32 Å². The number of carbonyl (C=O) groups is 1. The van der Waals surface area contributed by atoms with E-state index in [0.29, 0.717) is 0 Å². The van der Waals surface area contributed by atoms with E-state index in [-0.39, 0.29) is 23.7 Å². The van der Waals surface area contributed by atoms with Gasteiger partial charge in [-0.15, -0.1) is 0 Å². The highest BCUT2D eigenvalue weighted by molar-refractivity contribution is 5.75. The minimum absolute atomic E-state index is 0.145. The molecule has 0 aliphatic carbocycles. The van der Waals surface area contributed by atoms with Crippen LogP contribution in [0.2, 0.25) is 0 Å². The van der Waals surface area contributed by atoms with Crippen molar-refractivity contribution in [3.8, 4) is 0 Å². The average Bonchev–Trinajstić information content (AvgIpc) is 2.49. The van der Waals surface area contributed by atoms with Crippen molar-refractivity contribution in [2.45, 2.75) is 64.3 Å². The number of likely N-dealkylation sites (tertiary alicyclic amines) is 1. The third-order valence-corrected chi connectivity index (χ3v) is 4.54. The van der Waals surface area contributed by atoms with Gasteiger partial charge in [0, 0.05) is 12.1 Å². The highest BCUT2D eigenvalue weighted by Gasteiger charge is 2.30. The van der Waals surface area contributed by atoms with Crippen LogP contribution < -0.4 is 5.32 Å². The molecule has 0 saturated carbocycles. The summed E-state index contributed by atoms with van der Waals surface area (Å²) in [5.41, 5.74) is 0.233. The van der Waals surface area contributed by atoms with Gasteiger partial charge in [-0.05, 0) is 57.7 Å². The normalized spacial score (nSPS) is 24.2. The van der Waals surface area contributed by atoms with E-state index in [0.717, 1.165) is 31.4 Å². The second kappa shape index (κ2) is 7.25. The van der Waals surface area contributed by atoms with Gasteiger partial charge in [-0.2, -0.15) is 0 Å². The number of nitrogens with one attached hydrogen (secondary N) is 1. The van der Waals surface area contributed by atoms with Crippen molar-refractivity contribution in [1.82, 2.24) is 10.2 Å². The Morgan fingerprint density at radius 2 is 1.87 bits per heavy atom. The Morgan fingerprint density at radius 1 is 1.26 bits per heavy atom. The van der Waals surface area contributed by atoms with Gasteiger partial charge in [0.25, 0.3) is 0 Å². The van der Waals surface area contributed by atoms with E-state index in [9.17, 15) is 18.7 Å². The van der Waals surface area contributed by atoms with Crippen LogP contribution in [0.3, 0.4) is 0 Å². The zero-order chi connectivity index (χ0) is 17.1. The smallest absolute Gasteiger partial charge is 0.318 e. The molecule has 1 saturated heterocycles. The molecule has 1 aromatic carbocycles. The molecule has 4 atom stereocenters. The molecule has 1 aliphatic rings. The molecule has 1 heterocycles. The van der Waals surface area contributed by atoms with Crippen LogP contribution in [0.1, 0.15) is 51.7 Å². The Bertz CT molecular complexity index is 558. The number of hydrogen-bond donors (Lipinski definition) is 2. The maximum absolute atomic E-state index is 13.3. The van der Waals surface area contributed by atoms with Gasteiger partial charge >= 0.3 is 6.03 Å². The van der Waals surface area contributed by atoms with Gasteiger partial charge in [0.2, 0.25) is 0 Å². The van der Waals surface area contributed by atoms with Crippen LogP contribution in [-0.4, -0.2) is 34.2 Å². The molecule has 4 nitrogen and oxygen atoms in total. The quantitative estimate of drug-likeness (QED) is 0.895. The second-order valence-corrected chi connectivity index (χ2v) is 6.39. The van der Waals surface area contributed by atoms with Crippen LogP contribution in [0.5, 0.6) is 0 Å². The number of urea groups is 1. The zero-order valence-electron chi connectivity index (χ0n) is 13.7. The van der Waals surface area contributed by atoms with Gasteiger partial charge < -0.3 is 15.3 Å². The maximum atomic E-state index is 13.3. The first-order chi connectivity index (χ1) is 10.8. The number of hydrogen-bond acceptors (Lipinski definition) is 2. The number of piperidine rings is 1. The summed E-state index contributed by atoms with van der Waals surface area (Å²) < 4.78 is 26.2. The number of benzene rings is 1. The van der Waals surface area contributed by atoms with Crippen LogP contribution >= 0.6 is 0 Å². The first-order valence-corrected chi connectivity index (χ1v) is 8.03. The molecule has 2 amide bonds. The maximum Gasteiger partial charge on any atom is 0.318 e. The largest absolute Gasteiger partial charge is 0.386 e. The van der Waals surface area contributed by atoms with Gasteiger partial charge in [-0.3, -0.25) is 0 Å². The third-order valence-electron chi connectivity index (χ3n) is 4.54. The summed E-state index contributed by atoms with van der Waals surface area (Å²) in [5, 5.41) is 13.0. The summed E-state index contributed by atoms with van der Waals surface area (Å²) in [6.45, 7) is 5.65. The topological polar surface area (TPSA) is 52.6 Å². The Balaban J connectivity index is 2.03. The van der Waals surface area contributed by atoms with Crippen LogP contribution in [-0.2, 0) is 0 Å². The lowest BCUT2D eigenvalue weighted by Crippen LogP contribution is -2.54. The number of amides is 2. The molecule has 0 bridgehead atoms. The van der Waals surface area contributed by atoms with E-state index in [1.807, 2.05) is 13.8 Å². The Kier molecular flexibility index (Phi) is 5.57. The van der Waals surface area contributed by atoms with Crippen LogP contribution in [0, 0.1) is 11.6 Å². The molecule has 6 heteroatoms. The first-order valence-electron chi connectivity index (χ1n) is 8.03. The molecule has 1 aromatic rings. The first kappa shape index (κ1) is 17.7. The lowest BCUT2D eigenvalue weighted by Gasteiger charge is -2.39. The van der Waals surface area contributed by atoms with Gasteiger partial charge in [0.15, 0.2) is 11.6 Å².